The van der Waals surface area contributed by atoms with Gasteiger partial charge in [-0.1, -0.05) is 13.8 Å². The van der Waals surface area contributed by atoms with E-state index >= 15 is 0 Å². The molecule has 0 spiro atoms. The van der Waals surface area contributed by atoms with Gasteiger partial charge in [-0.15, -0.1) is 0 Å². The number of nitrogens with one attached hydrogen (secondary N) is 1. The zero-order chi connectivity index (χ0) is 22.7. The zero-order valence-electron chi connectivity index (χ0n) is 18.2. The van der Waals surface area contributed by atoms with Crippen molar-refractivity contribution in [1.82, 2.24) is 24.6 Å². The fourth-order valence-corrected chi connectivity index (χ4v) is 3.98. The molecule has 4 heterocycles. The molecule has 0 aromatic carbocycles. The predicted octanol–water partition coefficient (Wildman–Crippen LogP) is 1.18. The van der Waals surface area contributed by atoms with Crippen LogP contribution in [-0.2, 0) is 20.9 Å². The third-order valence-corrected chi connectivity index (χ3v) is 6.01. The van der Waals surface area contributed by atoms with E-state index in [0.29, 0.717) is 56.7 Å². The van der Waals surface area contributed by atoms with E-state index in [-0.39, 0.29) is 24.3 Å². The van der Waals surface area contributed by atoms with Crippen molar-refractivity contribution in [2.24, 2.45) is 11.3 Å². The molecule has 0 unspecified atom stereocenters. The molecule has 0 bridgehead atoms. The molecule has 11 heteroatoms. The molecule has 2 aromatic rings. The Labute approximate surface area is 186 Å². The predicted molar refractivity (Wildman–Crippen MR) is 115 cm³/mol. The number of anilines is 3. The lowest BCUT2D eigenvalue weighted by molar-refractivity contribution is -0.136. The third-order valence-electron chi connectivity index (χ3n) is 6.01. The van der Waals surface area contributed by atoms with E-state index in [1.165, 1.54) is 0 Å². The summed E-state index contributed by atoms with van der Waals surface area (Å²) in [6.45, 7) is 6.63. The number of ether oxygens (including phenoxy) is 1. The van der Waals surface area contributed by atoms with Gasteiger partial charge in [-0.3, -0.25) is 19.2 Å². The van der Waals surface area contributed by atoms with Gasteiger partial charge in [-0.2, -0.15) is 15.3 Å². The minimum absolute atomic E-state index is 0.0140. The van der Waals surface area contributed by atoms with Crippen molar-refractivity contribution in [2.45, 2.75) is 26.8 Å². The van der Waals surface area contributed by atoms with Crippen molar-refractivity contribution < 1.29 is 14.3 Å². The highest BCUT2D eigenvalue weighted by molar-refractivity contribution is 6.01. The molecule has 168 valence electrons. The largest absolute Gasteiger partial charge is 0.378 e. The highest BCUT2D eigenvalue weighted by Crippen LogP contribution is 2.40. The van der Waals surface area contributed by atoms with Crippen molar-refractivity contribution in [3.05, 3.63) is 24.7 Å². The van der Waals surface area contributed by atoms with E-state index < -0.39 is 5.41 Å². The van der Waals surface area contributed by atoms with Crippen LogP contribution in [0, 0.1) is 22.7 Å². The van der Waals surface area contributed by atoms with Crippen LogP contribution in [0.15, 0.2) is 24.7 Å². The Morgan fingerprint density at radius 1 is 1.34 bits per heavy atom. The number of carbonyl (C=O) groups excluding carboxylic acids is 2. The first-order chi connectivity index (χ1) is 15.4. The summed E-state index contributed by atoms with van der Waals surface area (Å²) in [6, 6.07) is 3.88. The summed E-state index contributed by atoms with van der Waals surface area (Å²) in [5, 5.41) is 16.9. The molecule has 2 aliphatic heterocycles. The molecular weight excluding hydrogens is 412 g/mol. The van der Waals surface area contributed by atoms with Crippen molar-refractivity contribution in [1.29, 1.82) is 5.26 Å². The minimum Gasteiger partial charge on any atom is -0.378 e. The first kappa shape index (κ1) is 21.7. The number of hydrogen-bond donors (Lipinski definition) is 1. The van der Waals surface area contributed by atoms with Crippen molar-refractivity contribution in [3.8, 4) is 6.07 Å². The van der Waals surface area contributed by atoms with E-state index in [4.69, 9.17) is 4.74 Å². The first-order valence-electron chi connectivity index (χ1n) is 10.6. The molecule has 0 saturated carbocycles. The maximum Gasteiger partial charge on any atom is 0.248 e. The van der Waals surface area contributed by atoms with E-state index in [1.54, 1.807) is 39.1 Å². The van der Waals surface area contributed by atoms with Crippen LogP contribution in [0.3, 0.4) is 0 Å². The van der Waals surface area contributed by atoms with Gasteiger partial charge in [-0.25, -0.2) is 4.98 Å². The van der Waals surface area contributed by atoms with Crippen LogP contribution in [0.2, 0.25) is 0 Å². The van der Waals surface area contributed by atoms with E-state index in [2.05, 4.69) is 26.5 Å². The van der Waals surface area contributed by atoms with E-state index in [1.807, 2.05) is 13.8 Å². The Morgan fingerprint density at radius 3 is 2.81 bits per heavy atom. The highest BCUT2D eigenvalue weighted by Gasteiger charge is 2.50. The lowest BCUT2D eigenvalue weighted by atomic mass is 9.77. The Bertz CT molecular complexity index is 1040. The molecule has 32 heavy (non-hydrogen) atoms. The number of morpholine rings is 1. The van der Waals surface area contributed by atoms with Gasteiger partial charge in [0.05, 0.1) is 31.2 Å². The summed E-state index contributed by atoms with van der Waals surface area (Å²) >= 11 is 0. The standard InChI is InChI=1S/C21H26N8O3/c1-15(2)21(14-22)4-6-29(19(21)31)17-3-5-23-20(26-17)25-16-11-24-28(12-16)13-18(30)27-7-9-32-10-8-27/h3,5,11-12,15H,4,6-10,13H2,1-2H3,(H,23,25,26)/t21-/m1/s1. The molecule has 4 rings (SSSR count). The maximum atomic E-state index is 13.0. The van der Waals surface area contributed by atoms with Gasteiger partial charge < -0.3 is 15.0 Å². The van der Waals surface area contributed by atoms with Gasteiger partial charge in [0, 0.05) is 32.0 Å². The highest BCUT2D eigenvalue weighted by atomic mass is 16.5. The Balaban J connectivity index is 1.42. The van der Waals surface area contributed by atoms with Gasteiger partial charge in [-0.05, 0) is 18.4 Å². The first-order valence-corrected chi connectivity index (χ1v) is 10.6. The molecule has 2 aliphatic rings. The molecule has 0 aliphatic carbocycles. The molecule has 0 radical (unpaired) electrons. The normalized spacial score (nSPS) is 21.1. The number of carbonyl (C=O) groups is 2. The second-order valence-corrected chi connectivity index (χ2v) is 8.23. The summed E-state index contributed by atoms with van der Waals surface area (Å²) in [5.41, 5.74) is -0.398. The van der Waals surface area contributed by atoms with Crippen LogP contribution in [0.5, 0.6) is 0 Å². The SMILES string of the molecule is CC(C)[C@]1(C#N)CCN(c2ccnc(Nc3cnn(CC(=O)N4CCOCC4)c3)n2)C1=O. The van der Waals surface area contributed by atoms with Crippen LogP contribution in [-0.4, -0.2) is 69.3 Å². The molecule has 2 aromatic heterocycles. The van der Waals surface area contributed by atoms with Crippen LogP contribution in [0.25, 0.3) is 0 Å². The Hall–Kier alpha value is -3.52. The van der Waals surface area contributed by atoms with Crippen LogP contribution in [0.4, 0.5) is 17.5 Å². The molecule has 11 nitrogen and oxygen atoms in total. The molecule has 2 fully saturated rings. The fourth-order valence-electron chi connectivity index (χ4n) is 3.98. The average molecular weight is 438 g/mol. The summed E-state index contributed by atoms with van der Waals surface area (Å²) < 4.78 is 6.83. The van der Waals surface area contributed by atoms with Crippen LogP contribution >= 0.6 is 0 Å². The average Bonchev–Trinajstić information content (AvgIpc) is 3.38. The van der Waals surface area contributed by atoms with Gasteiger partial charge in [0.2, 0.25) is 17.8 Å². The molecule has 1 atom stereocenters. The summed E-state index contributed by atoms with van der Waals surface area (Å²) in [5.74, 6) is 0.415. The summed E-state index contributed by atoms with van der Waals surface area (Å²) in [7, 11) is 0. The van der Waals surface area contributed by atoms with Crippen LogP contribution < -0.4 is 10.2 Å². The van der Waals surface area contributed by atoms with Gasteiger partial charge in [0.15, 0.2) is 0 Å². The minimum atomic E-state index is -1.02. The Kier molecular flexibility index (Phi) is 6.05. The van der Waals surface area contributed by atoms with Gasteiger partial charge in [0.25, 0.3) is 0 Å². The number of amides is 2. The van der Waals surface area contributed by atoms with Crippen molar-refractivity contribution >= 4 is 29.3 Å². The number of nitriles is 1. The number of nitrogens with zero attached hydrogens (tertiary/aromatic N) is 7. The third kappa shape index (κ3) is 4.13. The molecule has 2 saturated heterocycles. The lowest BCUT2D eigenvalue weighted by Gasteiger charge is -2.26. The number of aromatic nitrogens is 4. The van der Waals surface area contributed by atoms with Gasteiger partial charge in [0.1, 0.15) is 17.8 Å². The molecule has 1 N–H and O–H groups in total. The number of hydrogen-bond acceptors (Lipinski definition) is 8. The summed E-state index contributed by atoms with van der Waals surface area (Å²) in [4.78, 5) is 37.3. The monoisotopic (exact) mass is 438 g/mol. The van der Waals surface area contributed by atoms with Crippen LogP contribution in [0.1, 0.15) is 20.3 Å². The lowest BCUT2D eigenvalue weighted by Crippen LogP contribution is -2.42. The molecular formula is C21H26N8O3. The van der Waals surface area contributed by atoms with Gasteiger partial charge >= 0.3 is 0 Å². The Morgan fingerprint density at radius 2 is 2.12 bits per heavy atom. The second-order valence-electron chi connectivity index (χ2n) is 8.23. The fraction of sp³-hybridized carbons (Fsp3) is 0.524. The van der Waals surface area contributed by atoms with E-state index in [9.17, 15) is 14.9 Å². The quantitative estimate of drug-likeness (QED) is 0.712. The smallest absolute Gasteiger partial charge is 0.248 e. The summed E-state index contributed by atoms with van der Waals surface area (Å²) in [6.07, 6.45) is 5.32. The maximum absolute atomic E-state index is 13.0. The topological polar surface area (TPSA) is 129 Å². The van der Waals surface area contributed by atoms with Crippen molar-refractivity contribution in [2.75, 3.05) is 43.1 Å². The zero-order valence-corrected chi connectivity index (χ0v) is 18.2. The second kappa shape index (κ2) is 8.92. The van der Waals surface area contributed by atoms with Crippen molar-refractivity contribution in [3.63, 3.8) is 0 Å². The number of rotatable bonds is 6. The van der Waals surface area contributed by atoms with E-state index in [0.717, 1.165) is 0 Å². The molecule has 2 amide bonds.